The van der Waals surface area contributed by atoms with Gasteiger partial charge in [-0.15, -0.1) is 0 Å². The summed E-state index contributed by atoms with van der Waals surface area (Å²) in [5.41, 5.74) is 5.44. The molecule has 2 aliphatic rings. The normalized spacial score (nSPS) is 25.6. The Morgan fingerprint density at radius 1 is 1.33 bits per heavy atom. The number of carbonyl (C=O) groups is 1. The van der Waals surface area contributed by atoms with E-state index in [-0.39, 0.29) is 5.92 Å². The molecule has 2 heterocycles. The first-order valence-corrected chi connectivity index (χ1v) is 8.15. The van der Waals surface area contributed by atoms with Crippen LogP contribution in [0.4, 0.5) is 0 Å². The standard InChI is InChI=1S/C13H24N2O2S/c14-5-1-8-17-12-2-6-15(7-3-12)13(16)11-4-9-18-10-11/h11-12H,1-10,14H2. The number of nitrogens with zero attached hydrogens (tertiary/aromatic N) is 1. The summed E-state index contributed by atoms with van der Waals surface area (Å²) in [4.78, 5) is 14.3. The van der Waals surface area contributed by atoms with Crippen LogP contribution in [0.5, 0.6) is 0 Å². The van der Waals surface area contributed by atoms with Gasteiger partial charge >= 0.3 is 0 Å². The Hall–Kier alpha value is -0.260. The summed E-state index contributed by atoms with van der Waals surface area (Å²) in [5, 5.41) is 0. The minimum absolute atomic E-state index is 0.282. The number of piperidine rings is 1. The summed E-state index contributed by atoms with van der Waals surface area (Å²) in [7, 11) is 0. The molecular formula is C13H24N2O2S. The topological polar surface area (TPSA) is 55.6 Å². The third-order valence-electron chi connectivity index (χ3n) is 3.73. The van der Waals surface area contributed by atoms with Gasteiger partial charge in [-0.05, 0) is 38.0 Å². The Labute approximate surface area is 114 Å². The second-order valence-electron chi connectivity index (χ2n) is 5.10. The van der Waals surface area contributed by atoms with Crippen molar-refractivity contribution < 1.29 is 9.53 Å². The third-order valence-corrected chi connectivity index (χ3v) is 4.90. The Bertz CT molecular complexity index is 262. The highest BCUT2D eigenvalue weighted by atomic mass is 32.2. The van der Waals surface area contributed by atoms with Gasteiger partial charge in [0.2, 0.25) is 5.91 Å². The molecule has 1 amide bonds. The van der Waals surface area contributed by atoms with E-state index in [1.54, 1.807) is 0 Å². The molecule has 0 spiro atoms. The summed E-state index contributed by atoms with van der Waals surface area (Å²) in [6.45, 7) is 3.19. The van der Waals surface area contributed by atoms with Crippen molar-refractivity contribution in [2.24, 2.45) is 11.7 Å². The number of ether oxygens (including phenoxy) is 1. The van der Waals surface area contributed by atoms with E-state index >= 15 is 0 Å². The molecule has 4 nitrogen and oxygen atoms in total. The number of rotatable bonds is 5. The van der Waals surface area contributed by atoms with Crippen molar-refractivity contribution in [2.75, 3.05) is 37.7 Å². The minimum Gasteiger partial charge on any atom is -0.378 e. The van der Waals surface area contributed by atoms with Crippen LogP contribution < -0.4 is 5.73 Å². The predicted octanol–water partition coefficient (Wildman–Crippen LogP) is 1.10. The molecule has 0 radical (unpaired) electrons. The maximum Gasteiger partial charge on any atom is 0.226 e. The van der Waals surface area contributed by atoms with E-state index in [0.29, 0.717) is 18.6 Å². The van der Waals surface area contributed by atoms with E-state index in [1.807, 2.05) is 16.7 Å². The fourth-order valence-electron chi connectivity index (χ4n) is 2.56. The van der Waals surface area contributed by atoms with Gasteiger partial charge < -0.3 is 15.4 Å². The first-order valence-electron chi connectivity index (χ1n) is 6.99. The molecule has 1 atom stereocenters. The molecule has 2 N–H and O–H groups in total. The highest BCUT2D eigenvalue weighted by molar-refractivity contribution is 7.99. The molecule has 5 heteroatoms. The van der Waals surface area contributed by atoms with Crippen molar-refractivity contribution in [3.63, 3.8) is 0 Å². The maximum atomic E-state index is 12.2. The fourth-order valence-corrected chi connectivity index (χ4v) is 3.78. The highest BCUT2D eigenvalue weighted by Crippen LogP contribution is 2.26. The number of nitrogens with two attached hydrogens (primary N) is 1. The second-order valence-corrected chi connectivity index (χ2v) is 6.25. The molecule has 0 aromatic rings. The highest BCUT2D eigenvalue weighted by Gasteiger charge is 2.30. The zero-order valence-corrected chi connectivity index (χ0v) is 11.8. The van der Waals surface area contributed by atoms with E-state index in [1.165, 1.54) is 0 Å². The Morgan fingerprint density at radius 3 is 2.72 bits per heavy atom. The molecule has 104 valence electrons. The van der Waals surface area contributed by atoms with Crippen LogP contribution in [0.2, 0.25) is 0 Å². The summed E-state index contributed by atoms with van der Waals surface area (Å²) < 4.78 is 5.75. The van der Waals surface area contributed by atoms with Crippen molar-refractivity contribution >= 4 is 17.7 Å². The van der Waals surface area contributed by atoms with Gasteiger partial charge in [-0.3, -0.25) is 4.79 Å². The molecule has 2 fully saturated rings. The fraction of sp³-hybridized carbons (Fsp3) is 0.923. The van der Waals surface area contributed by atoms with Gasteiger partial charge in [0.1, 0.15) is 0 Å². The summed E-state index contributed by atoms with van der Waals surface area (Å²) in [6, 6.07) is 0. The van der Waals surface area contributed by atoms with Crippen LogP contribution in [-0.2, 0) is 9.53 Å². The molecule has 2 aliphatic heterocycles. The second kappa shape index (κ2) is 7.36. The van der Waals surface area contributed by atoms with Gasteiger partial charge in [0.15, 0.2) is 0 Å². The van der Waals surface area contributed by atoms with Crippen LogP contribution in [0.15, 0.2) is 0 Å². The number of likely N-dealkylation sites (tertiary alicyclic amines) is 1. The Kier molecular flexibility index (Phi) is 5.79. The monoisotopic (exact) mass is 272 g/mol. The van der Waals surface area contributed by atoms with E-state index in [2.05, 4.69) is 0 Å². The van der Waals surface area contributed by atoms with Crippen LogP contribution in [0, 0.1) is 5.92 Å². The zero-order valence-electron chi connectivity index (χ0n) is 11.0. The van der Waals surface area contributed by atoms with Gasteiger partial charge in [0.05, 0.1) is 6.10 Å². The lowest BCUT2D eigenvalue weighted by molar-refractivity contribution is -0.137. The SMILES string of the molecule is NCCCOC1CCN(C(=O)C2CCSC2)CC1. The van der Waals surface area contributed by atoms with E-state index in [9.17, 15) is 4.79 Å². The number of hydrogen-bond acceptors (Lipinski definition) is 4. The third kappa shape index (κ3) is 3.87. The van der Waals surface area contributed by atoms with Crippen LogP contribution in [-0.4, -0.2) is 54.7 Å². The summed E-state index contributed by atoms with van der Waals surface area (Å²) in [5.74, 6) is 2.83. The zero-order chi connectivity index (χ0) is 12.8. The van der Waals surface area contributed by atoms with E-state index < -0.39 is 0 Å². The van der Waals surface area contributed by atoms with Crippen LogP contribution in [0.25, 0.3) is 0 Å². The lowest BCUT2D eigenvalue weighted by Gasteiger charge is -2.33. The molecule has 0 aromatic carbocycles. The van der Waals surface area contributed by atoms with E-state index in [4.69, 9.17) is 10.5 Å². The van der Waals surface area contributed by atoms with Crippen molar-refractivity contribution in [2.45, 2.75) is 31.8 Å². The van der Waals surface area contributed by atoms with Crippen molar-refractivity contribution in [1.82, 2.24) is 4.90 Å². The predicted molar refractivity (Wildman–Crippen MR) is 74.7 cm³/mol. The number of thioether (sulfide) groups is 1. The number of amides is 1. The molecule has 18 heavy (non-hydrogen) atoms. The lowest BCUT2D eigenvalue weighted by atomic mass is 10.0. The molecule has 2 saturated heterocycles. The van der Waals surface area contributed by atoms with Crippen molar-refractivity contribution in [3.05, 3.63) is 0 Å². The quantitative estimate of drug-likeness (QED) is 0.761. The van der Waals surface area contributed by atoms with Crippen LogP contribution >= 0.6 is 11.8 Å². The van der Waals surface area contributed by atoms with Gasteiger partial charge in [0, 0.05) is 31.4 Å². The largest absolute Gasteiger partial charge is 0.378 e. The Balaban J connectivity index is 1.67. The number of hydrogen-bond donors (Lipinski definition) is 1. The van der Waals surface area contributed by atoms with Crippen molar-refractivity contribution in [1.29, 1.82) is 0 Å². The molecule has 2 rings (SSSR count). The summed E-state index contributed by atoms with van der Waals surface area (Å²) in [6.07, 6.45) is 4.29. The Morgan fingerprint density at radius 2 is 2.11 bits per heavy atom. The summed E-state index contributed by atoms with van der Waals surface area (Å²) >= 11 is 1.90. The molecule has 0 aromatic heterocycles. The first-order chi connectivity index (χ1) is 8.81. The van der Waals surface area contributed by atoms with Gasteiger partial charge in [0.25, 0.3) is 0 Å². The maximum absolute atomic E-state index is 12.2. The lowest BCUT2D eigenvalue weighted by Crippen LogP contribution is -2.43. The number of carbonyl (C=O) groups excluding carboxylic acids is 1. The van der Waals surface area contributed by atoms with E-state index in [0.717, 1.165) is 56.9 Å². The van der Waals surface area contributed by atoms with Crippen LogP contribution in [0.1, 0.15) is 25.7 Å². The smallest absolute Gasteiger partial charge is 0.226 e. The average molecular weight is 272 g/mol. The van der Waals surface area contributed by atoms with Gasteiger partial charge in [-0.1, -0.05) is 0 Å². The molecular weight excluding hydrogens is 248 g/mol. The molecule has 0 bridgehead atoms. The van der Waals surface area contributed by atoms with Gasteiger partial charge in [-0.25, -0.2) is 0 Å². The van der Waals surface area contributed by atoms with Crippen LogP contribution in [0.3, 0.4) is 0 Å². The van der Waals surface area contributed by atoms with Gasteiger partial charge in [-0.2, -0.15) is 11.8 Å². The minimum atomic E-state index is 0.282. The van der Waals surface area contributed by atoms with Crippen molar-refractivity contribution in [3.8, 4) is 0 Å². The average Bonchev–Trinajstić information content (AvgIpc) is 2.93. The molecule has 1 unspecified atom stereocenters. The molecule has 0 aliphatic carbocycles. The first kappa shape index (κ1) is 14.2. The molecule has 0 saturated carbocycles.